The molecule has 4 amide bonds. The quantitative estimate of drug-likeness (QED) is 0.339. The van der Waals surface area contributed by atoms with Crippen LogP contribution >= 0.6 is 0 Å². The molecule has 14 heteroatoms. The first kappa shape index (κ1) is 28.6. The molecule has 7 rings (SSSR count). The van der Waals surface area contributed by atoms with E-state index >= 15 is 0 Å². The van der Waals surface area contributed by atoms with E-state index < -0.39 is 30.0 Å². The Labute approximate surface area is 253 Å². The number of carbonyl (C=O) groups is 3. The third-order valence-corrected chi connectivity index (χ3v) is 8.89. The predicted octanol–water partition coefficient (Wildman–Crippen LogP) is 3.30. The molecule has 0 bridgehead atoms. The summed E-state index contributed by atoms with van der Waals surface area (Å²) in [5, 5.41) is 22.5. The number of aliphatic hydroxyl groups excluding tert-OH is 1. The zero-order valence-corrected chi connectivity index (χ0v) is 23.7. The number of nitriles is 1. The summed E-state index contributed by atoms with van der Waals surface area (Å²) in [5.74, 6) is -2.10. The van der Waals surface area contributed by atoms with Gasteiger partial charge in [-0.05, 0) is 48.6 Å². The van der Waals surface area contributed by atoms with E-state index in [0.29, 0.717) is 45.5 Å². The van der Waals surface area contributed by atoms with Crippen LogP contribution in [-0.2, 0) is 22.7 Å². The van der Waals surface area contributed by atoms with Gasteiger partial charge >= 0.3 is 12.2 Å². The third kappa shape index (κ3) is 4.71. The maximum absolute atomic E-state index is 13.5. The van der Waals surface area contributed by atoms with E-state index in [0.717, 1.165) is 0 Å². The number of hydrogen-bond acceptors (Lipinski definition) is 6. The van der Waals surface area contributed by atoms with Crippen LogP contribution in [0.5, 0.6) is 0 Å². The number of urea groups is 1. The number of alkyl halides is 3. The molecule has 45 heavy (non-hydrogen) atoms. The molecule has 4 aromatic rings. The average Bonchev–Trinajstić information content (AvgIpc) is 3.65. The molecular weight excluding hydrogens is 591 g/mol. The predicted molar refractivity (Wildman–Crippen MR) is 154 cm³/mol. The van der Waals surface area contributed by atoms with Crippen molar-refractivity contribution in [3.8, 4) is 6.07 Å². The molecule has 1 saturated heterocycles. The Hall–Kier alpha value is -5.16. The lowest BCUT2D eigenvalue weighted by atomic mass is 9.91. The number of aromatic nitrogens is 3. The summed E-state index contributed by atoms with van der Waals surface area (Å²) >= 11 is 0. The van der Waals surface area contributed by atoms with Crippen LogP contribution in [0.25, 0.3) is 27.7 Å². The van der Waals surface area contributed by atoms with Gasteiger partial charge in [-0.3, -0.25) is 19.3 Å². The molecule has 3 aliphatic heterocycles. The van der Waals surface area contributed by atoms with Gasteiger partial charge in [0.05, 0.1) is 40.2 Å². The lowest BCUT2D eigenvalue weighted by molar-refractivity contribution is -0.222. The Balaban J connectivity index is 1.25. The molecule has 3 aromatic heterocycles. The smallest absolute Gasteiger partial charge is 0.383 e. The highest BCUT2D eigenvalue weighted by Crippen LogP contribution is 2.39. The van der Waals surface area contributed by atoms with Crippen molar-refractivity contribution < 1.29 is 32.7 Å². The number of aliphatic hydroxyl groups is 1. The summed E-state index contributed by atoms with van der Waals surface area (Å²) < 4.78 is 42.6. The van der Waals surface area contributed by atoms with E-state index in [2.05, 4.69) is 16.4 Å². The Bertz CT molecular complexity index is 1980. The maximum Gasteiger partial charge on any atom is 0.414 e. The first-order valence-corrected chi connectivity index (χ1v) is 14.4. The molecule has 1 atom stereocenters. The highest BCUT2D eigenvalue weighted by atomic mass is 19.4. The molecule has 6 heterocycles. The van der Waals surface area contributed by atoms with Crippen LogP contribution < -0.4 is 5.32 Å². The summed E-state index contributed by atoms with van der Waals surface area (Å²) in [4.78, 5) is 47.5. The number of piperidine rings is 1. The van der Waals surface area contributed by atoms with E-state index in [1.165, 1.54) is 11.1 Å². The highest BCUT2D eigenvalue weighted by Gasteiger charge is 2.45. The number of nitrogens with one attached hydrogen (secondary N) is 1. The molecule has 0 radical (unpaired) electrons. The molecular formula is C31H26F3N7O4. The van der Waals surface area contributed by atoms with E-state index in [9.17, 15) is 37.9 Å². The summed E-state index contributed by atoms with van der Waals surface area (Å²) in [7, 11) is 0. The molecule has 0 saturated carbocycles. The number of halogens is 3. The topological polar surface area (TPSA) is 136 Å². The van der Waals surface area contributed by atoms with Crippen molar-refractivity contribution in [2.45, 2.75) is 38.2 Å². The number of rotatable bonds is 3. The van der Waals surface area contributed by atoms with Crippen molar-refractivity contribution in [1.29, 1.82) is 5.26 Å². The number of pyridine rings is 1. The number of likely N-dealkylation sites (tertiary alicyclic amines) is 1. The third-order valence-electron chi connectivity index (χ3n) is 8.89. The number of carbonyl (C=O) groups excluding carboxylic acids is 3. The molecule has 3 aliphatic rings. The number of nitrogens with zero attached hydrogens (tertiary/aromatic N) is 6. The largest absolute Gasteiger partial charge is 0.414 e. The van der Waals surface area contributed by atoms with Crippen molar-refractivity contribution in [3.05, 3.63) is 71.3 Å². The van der Waals surface area contributed by atoms with Crippen LogP contribution in [0, 0.1) is 17.2 Å². The van der Waals surface area contributed by atoms with E-state index in [4.69, 9.17) is 0 Å². The van der Waals surface area contributed by atoms with Crippen LogP contribution in [0.3, 0.4) is 0 Å². The molecule has 11 nitrogen and oxygen atoms in total. The van der Waals surface area contributed by atoms with Crippen LogP contribution in [0.4, 0.5) is 18.0 Å². The molecule has 2 N–H and O–H groups in total. The van der Waals surface area contributed by atoms with Gasteiger partial charge in [0.1, 0.15) is 5.65 Å². The van der Waals surface area contributed by atoms with Gasteiger partial charge in [-0.1, -0.05) is 6.07 Å². The summed E-state index contributed by atoms with van der Waals surface area (Å²) in [6.45, 7) is 0.886. The van der Waals surface area contributed by atoms with Crippen molar-refractivity contribution in [2.75, 3.05) is 19.6 Å². The Kier molecular flexibility index (Phi) is 6.66. The van der Waals surface area contributed by atoms with Gasteiger partial charge in [0.25, 0.3) is 11.8 Å². The van der Waals surface area contributed by atoms with Crippen molar-refractivity contribution in [2.24, 2.45) is 5.92 Å². The fraction of sp³-hybridized carbons (Fsp3) is 0.323. The fourth-order valence-electron chi connectivity index (χ4n) is 6.71. The number of imide groups is 1. The van der Waals surface area contributed by atoms with Gasteiger partial charge in [0.2, 0.25) is 0 Å². The molecule has 0 aliphatic carbocycles. The van der Waals surface area contributed by atoms with Crippen molar-refractivity contribution in [3.63, 3.8) is 0 Å². The first-order chi connectivity index (χ1) is 21.5. The second-order valence-corrected chi connectivity index (χ2v) is 11.5. The zero-order valence-electron chi connectivity index (χ0n) is 23.7. The standard InChI is InChI=1S/C31H26F3N7O4/c32-31(33,34)27(42)18-4-7-38(8-5-18)30(45)40-10-9-39-16-21(20-12-17(13-35)11-19(15-40)26(20)39)24-25(29(44)37-28(24)43)22-14-36-23-3-1-2-6-41(22)23/h1-3,6,11-12,14,16,18,27,42H,4-5,7-10,15H2,(H,37,43,44). The molecule has 230 valence electrons. The van der Waals surface area contributed by atoms with Gasteiger partial charge in [-0.15, -0.1) is 0 Å². The van der Waals surface area contributed by atoms with Gasteiger partial charge < -0.3 is 19.5 Å². The molecule has 1 fully saturated rings. The van der Waals surface area contributed by atoms with E-state index in [-0.39, 0.29) is 56.2 Å². The number of imidazole rings is 1. The second kappa shape index (κ2) is 10.5. The number of benzene rings is 1. The van der Waals surface area contributed by atoms with Gasteiger partial charge in [0, 0.05) is 56.1 Å². The normalized spacial score (nSPS) is 18.5. The molecule has 0 spiro atoms. The van der Waals surface area contributed by atoms with Gasteiger partial charge in [-0.2, -0.15) is 18.4 Å². The summed E-state index contributed by atoms with van der Waals surface area (Å²) in [5.41, 5.74) is 3.50. The maximum atomic E-state index is 13.5. The Morgan fingerprint density at radius 3 is 2.56 bits per heavy atom. The second-order valence-electron chi connectivity index (χ2n) is 11.5. The van der Waals surface area contributed by atoms with Crippen LogP contribution in [0.15, 0.2) is 48.9 Å². The van der Waals surface area contributed by atoms with Gasteiger partial charge in [-0.25, -0.2) is 9.78 Å². The SMILES string of the molecule is N#Cc1cc2c3c(c1)c(C1=C(c4cnc5ccccn45)C(=O)NC1=O)cn3CCN(C(=O)N1CCC(C(O)C(F)(F)F)CC1)C2. The van der Waals surface area contributed by atoms with E-state index in [1.807, 2.05) is 10.6 Å². The first-order valence-electron chi connectivity index (χ1n) is 14.4. The molecule has 1 aromatic carbocycles. The number of hydrogen-bond donors (Lipinski definition) is 2. The average molecular weight is 618 g/mol. The van der Waals surface area contributed by atoms with Crippen LogP contribution in [0.1, 0.15) is 35.2 Å². The number of amides is 4. The lowest BCUT2D eigenvalue weighted by Crippen LogP contribution is -2.49. The minimum atomic E-state index is -4.71. The fourth-order valence-corrected chi connectivity index (χ4v) is 6.71. The van der Waals surface area contributed by atoms with E-state index in [1.54, 1.807) is 46.0 Å². The zero-order chi connectivity index (χ0) is 31.6. The van der Waals surface area contributed by atoms with Crippen molar-refractivity contribution >= 4 is 45.5 Å². The van der Waals surface area contributed by atoms with Crippen LogP contribution in [0.2, 0.25) is 0 Å². The molecule has 1 unspecified atom stereocenters. The summed E-state index contributed by atoms with van der Waals surface area (Å²) in [6.07, 6.45) is -2.03. The highest BCUT2D eigenvalue weighted by molar-refractivity contribution is 6.49. The minimum absolute atomic E-state index is 0.0303. The monoisotopic (exact) mass is 617 g/mol. The van der Waals surface area contributed by atoms with Gasteiger partial charge in [0.15, 0.2) is 6.10 Å². The Morgan fingerprint density at radius 1 is 1.07 bits per heavy atom. The summed E-state index contributed by atoms with van der Waals surface area (Å²) in [6, 6.07) is 10.5. The number of fused-ring (bicyclic) bond motifs is 1. The van der Waals surface area contributed by atoms with Crippen molar-refractivity contribution in [1.82, 2.24) is 29.1 Å². The van der Waals surface area contributed by atoms with Crippen LogP contribution in [-0.4, -0.2) is 78.6 Å². The lowest BCUT2D eigenvalue weighted by Gasteiger charge is -2.37. The minimum Gasteiger partial charge on any atom is -0.383 e. The Morgan fingerprint density at radius 2 is 1.82 bits per heavy atom.